The number of hydrogen-bond donors (Lipinski definition) is 0. The fraction of sp³-hybridized carbons (Fsp3) is 0.833. The molecule has 0 saturated heterocycles. The van der Waals surface area contributed by atoms with E-state index >= 15 is 0 Å². The molecule has 0 aromatic heterocycles. The molecule has 3 nitrogen and oxygen atoms in total. The Morgan fingerprint density at radius 3 is 2.32 bits per heavy atom. The van der Waals surface area contributed by atoms with Crippen LogP contribution in [0.2, 0.25) is 18.1 Å². The van der Waals surface area contributed by atoms with E-state index in [0.29, 0.717) is 12.5 Å². The maximum absolute atomic E-state index is 11.6. The largest absolute Gasteiger partial charge is 0.463 e. The van der Waals surface area contributed by atoms with Gasteiger partial charge in [0.15, 0.2) is 8.32 Å². The summed E-state index contributed by atoms with van der Waals surface area (Å²) in [6.07, 6.45) is 9.84. The molecule has 1 atom stereocenters. The number of ether oxygens (including phenoxy) is 1. The zero-order chi connectivity index (χ0) is 16.8. The van der Waals surface area contributed by atoms with E-state index in [-0.39, 0.29) is 17.1 Å². The van der Waals surface area contributed by atoms with Crippen LogP contribution in [-0.2, 0) is 14.0 Å². The van der Waals surface area contributed by atoms with E-state index < -0.39 is 8.32 Å². The zero-order valence-corrected chi connectivity index (χ0v) is 16.3. The van der Waals surface area contributed by atoms with Gasteiger partial charge in [-0.05, 0) is 49.9 Å². The normalized spacial score (nSPS) is 19.4. The van der Waals surface area contributed by atoms with Gasteiger partial charge in [0.1, 0.15) is 0 Å². The second-order valence-electron chi connectivity index (χ2n) is 7.85. The Kier molecular flexibility index (Phi) is 7.33. The molecule has 0 aromatic rings. The maximum atomic E-state index is 11.6. The third kappa shape index (κ3) is 5.88. The molecule has 0 spiro atoms. The molecule has 22 heavy (non-hydrogen) atoms. The second kappa shape index (κ2) is 8.30. The van der Waals surface area contributed by atoms with Crippen LogP contribution < -0.4 is 0 Å². The SMILES string of the molecule is CCOC(=O)/C=C/[C@H](O[Si](C)(C)C(C)(C)C)C1CCCCC1. The van der Waals surface area contributed by atoms with E-state index in [1.165, 1.54) is 32.1 Å². The summed E-state index contributed by atoms with van der Waals surface area (Å²) >= 11 is 0. The smallest absolute Gasteiger partial charge is 0.330 e. The Balaban J connectivity index is 2.84. The molecule has 4 heteroatoms. The molecule has 1 rings (SSSR count). The lowest BCUT2D eigenvalue weighted by Crippen LogP contribution is -2.45. The quantitative estimate of drug-likeness (QED) is 0.388. The average Bonchev–Trinajstić information content (AvgIpc) is 2.43. The Hall–Kier alpha value is -0.613. The van der Waals surface area contributed by atoms with Gasteiger partial charge in [0, 0.05) is 6.08 Å². The first-order valence-electron chi connectivity index (χ1n) is 8.70. The van der Waals surface area contributed by atoms with Crippen molar-refractivity contribution in [2.45, 2.75) is 84.0 Å². The molecule has 1 saturated carbocycles. The van der Waals surface area contributed by atoms with Gasteiger partial charge >= 0.3 is 5.97 Å². The monoisotopic (exact) mass is 326 g/mol. The van der Waals surface area contributed by atoms with Crippen molar-refractivity contribution in [3.8, 4) is 0 Å². The van der Waals surface area contributed by atoms with Gasteiger partial charge in [0.2, 0.25) is 0 Å². The maximum Gasteiger partial charge on any atom is 0.330 e. The van der Waals surface area contributed by atoms with Gasteiger partial charge in [0.25, 0.3) is 0 Å². The highest BCUT2D eigenvalue weighted by Crippen LogP contribution is 2.40. The Bertz CT molecular complexity index is 376. The van der Waals surface area contributed by atoms with Gasteiger partial charge in [-0.15, -0.1) is 0 Å². The van der Waals surface area contributed by atoms with Crippen molar-refractivity contribution < 1.29 is 14.0 Å². The van der Waals surface area contributed by atoms with Crippen molar-refractivity contribution in [3.05, 3.63) is 12.2 Å². The molecule has 1 fully saturated rings. The summed E-state index contributed by atoms with van der Waals surface area (Å²) in [6, 6.07) is 0. The minimum absolute atomic E-state index is 0.0468. The topological polar surface area (TPSA) is 35.5 Å². The highest BCUT2D eigenvalue weighted by atomic mass is 28.4. The summed E-state index contributed by atoms with van der Waals surface area (Å²) in [5, 5.41) is 0.178. The summed E-state index contributed by atoms with van der Waals surface area (Å²) in [4.78, 5) is 11.6. The van der Waals surface area contributed by atoms with Gasteiger partial charge < -0.3 is 9.16 Å². The molecular weight excluding hydrogens is 292 g/mol. The summed E-state index contributed by atoms with van der Waals surface area (Å²) in [5.74, 6) is 0.274. The Morgan fingerprint density at radius 1 is 1.23 bits per heavy atom. The van der Waals surface area contributed by atoms with Crippen molar-refractivity contribution in [3.63, 3.8) is 0 Å². The molecule has 0 heterocycles. The van der Waals surface area contributed by atoms with Crippen LogP contribution >= 0.6 is 0 Å². The number of rotatable bonds is 6. The van der Waals surface area contributed by atoms with Crippen LogP contribution in [0, 0.1) is 5.92 Å². The van der Waals surface area contributed by atoms with Crippen LogP contribution in [0.1, 0.15) is 59.8 Å². The summed E-state index contributed by atoms with van der Waals surface area (Å²) in [6.45, 7) is 13.6. The van der Waals surface area contributed by atoms with Crippen molar-refractivity contribution in [1.82, 2.24) is 0 Å². The van der Waals surface area contributed by atoms with Crippen LogP contribution in [0.4, 0.5) is 0 Å². The summed E-state index contributed by atoms with van der Waals surface area (Å²) in [5.41, 5.74) is 0. The second-order valence-corrected chi connectivity index (χ2v) is 12.6. The first kappa shape index (κ1) is 19.4. The zero-order valence-electron chi connectivity index (χ0n) is 15.3. The van der Waals surface area contributed by atoms with Crippen molar-refractivity contribution in [2.75, 3.05) is 6.61 Å². The molecule has 0 amide bonds. The van der Waals surface area contributed by atoms with Crippen LogP contribution in [0.5, 0.6) is 0 Å². The van der Waals surface area contributed by atoms with Crippen LogP contribution in [0.25, 0.3) is 0 Å². The van der Waals surface area contributed by atoms with E-state index in [1.54, 1.807) is 6.08 Å². The summed E-state index contributed by atoms with van der Waals surface area (Å²) < 4.78 is 11.6. The van der Waals surface area contributed by atoms with Crippen LogP contribution in [-0.4, -0.2) is 27.0 Å². The Morgan fingerprint density at radius 2 is 1.82 bits per heavy atom. The molecular formula is C18H34O3Si. The predicted molar refractivity (Wildman–Crippen MR) is 94.4 cm³/mol. The van der Waals surface area contributed by atoms with Gasteiger partial charge in [0.05, 0.1) is 12.7 Å². The fourth-order valence-corrected chi connectivity index (χ4v) is 3.94. The highest BCUT2D eigenvalue weighted by molar-refractivity contribution is 6.74. The Labute approximate surface area is 137 Å². The number of carbonyl (C=O) groups is 1. The number of carbonyl (C=O) groups excluding carboxylic acids is 1. The predicted octanol–water partition coefficient (Wildman–Crippen LogP) is 5.08. The van der Waals surface area contributed by atoms with Crippen molar-refractivity contribution >= 4 is 14.3 Å². The molecule has 0 N–H and O–H groups in total. The molecule has 0 bridgehead atoms. The number of hydrogen-bond acceptors (Lipinski definition) is 3. The molecule has 1 aliphatic rings. The van der Waals surface area contributed by atoms with Gasteiger partial charge in [-0.3, -0.25) is 0 Å². The number of esters is 1. The third-order valence-electron chi connectivity index (χ3n) is 5.06. The molecule has 0 aliphatic heterocycles. The van der Waals surface area contributed by atoms with E-state index in [1.807, 2.05) is 13.0 Å². The van der Waals surface area contributed by atoms with Crippen LogP contribution in [0.3, 0.4) is 0 Å². The van der Waals surface area contributed by atoms with E-state index in [2.05, 4.69) is 33.9 Å². The third-order valence-corrected chi connectivity index (χ3v) is 9.53. The van der Waals surface area contributed by atoms with Crippen LogP contribution in [0.15, 0.2) is 12.2 Å². The van der Waals surface area contributed by atoms with E-state index in [0.717, 1.165) is 0 Å². The van der Waals surface area contributed by atoms with Gasteiger partial charge in [-0.25, -0.2) is 4.79 Å². The molecule has 0 radical (unpaired) electrons. The summed E-state index contributed by atoms with van der Waals surface area (Å²) in [7, 11) is -1.85. The first-order valence-corrected chi connectivity index (χ1v) is 11.6. The lowest BCUT2D eigenvalue weighted by Gasteiger charge is -2.41. The average molecular weight is 327 g/mol. The highest BCUT2D eigenvalue weighted by Gasteiger charge is 2.40. The molecule has 0 aromatic carbocycles. The lowest BCUT2D eigenvalue weighted by atomic mass is 9.85. The first-order chi connectivity index (χ1) is 10.2. The van der Waals surface area contributed by atoms with Crippen molar-refractivity contribution in [2.24, 2.45) is 5.92 Å². The minimum Gasteiger partial charge on any atom is -0.463 e. The van der Waals surface area contributed by atoms with Gasteiger partial charge in [-0.1, -0.05) is 40.0 Å². The lowest BCUT2D eigenvalue weighted by molar-refractivity contribution is -0.137. The van der Waals surface area contributed by atoms with E-state index in [9.17, 15) is 4.79 Å². The standard InChI is InChI=1S/C18H34O3Si/c1-7-20-17(19)14-13-16(15-11-9-8-10-12-15)21-22(5,6)18(2,3)4/h13-16H,7-12H2,1-6H3/b14-13+/t16-/m0/s1. The molecule has 128 valence electrons. The van der Waals surface area contributed by atoms with E-state index in [4.69, 9.17) is 9.16 Å². The minimum atomic E-state index is -1.85. The molecule has 1 aliphatic carbocycles. The van der Waals surface area contributed by atoms with Crippen molar-refractivity contribution in [1.29, 1.82) is 0 Å². The van der Waals surface area contributed by atoms with Gasteiger partial charge in [-0.2, -0.15) is 0 Å². The molecule has 0 unspecified atom stereocenters. The fourth-order valence-electron chi connectivity index (χ4n) is 2.64.